The number of hydrogen-bond donors (Lipinski definition) is 1. The number of thiophene rings is 1. The first kappa shape index (κ1) is 21.6. The first-order valence-electron chi connectivity index (χ1n) is 9.56. The molecule has 2 heterocycles. The topological polar surface area (TPSA) is 64.0 Å². The fourth-order valence-corrected chi connectivity index (χ4v) is 5.03. The lowest BCUT2D eigenvalue weighted by Crippen LogP contribution is -2.21. The number of carbonyl (C=O) groups is 1. The molecular formula is C23H19Cl2N3O2S. The van der Waals surface area contributed by atoms with Gasteiger partial charge in [0, 0.05) is 21.3 Å². The van der Waals surface area contributed by atoms with Crippen molar-refractivity contribution in [2.45, 2.75) is 27.3 Å². The van der Waals surface area contributed by atoms with Gasteiger partial charge < -0.3 is 5.32 Å². The third-order valence-corrected chi connectivity index (χ3v) is 7.05. The Balaban J connectivity index is 1.71. The van der Waals surface area contributed by atoms with Crippen LogP contribution in [0.25, 0.3) is 10.2 Å². The highest BCUT2D eigenvalue weighted by Gasteiger charge is 2.20. The van der Waals surface area contributed by atoms with Crippen LogP contribution in [0.4, 0.5) is 5.69 Å². The molecule has 0 spiro atoms. The van der Waals surface area contributed by atoms with Crippen molar-refractivity contribution in [2.24, 2.45) is 0 Å². The number of anilines is 1. The van der Waals surface area contributed by atoms with Gasteiger partial charge in [-0.05, 0) is 50.1 Å². The third-order valence-electron chi connectivity index (χ3n) is 5.14. The van der Waals surface area contributed by atoms with Gasteiger partial charge in [0.2, 0.25) is 0 Å². The van der Waals surface area contributed by atoms with Crippen LogP contribution < -0.4 is 10.9 Å². The van der Waals surface area contributed by atoms with Crippen LogP contribution in [0.2, 0.25) is 10.0 Å². The molecule has 0 aliphatic carbocycles. The highest BCUT2D eigenvalue weighted by Crippen LogP contribution is 2.29. The number of nitrogens with zero attached hydrogens (tertiary/aromatic N) is 2. The molecular weight excluding hydrogens is 453 g/mol. The lowest BCUT2D eigenvalue weighted by Gasteiger charge is -2.09. The van der Waals surface area contributed by atoms with Crippen LogP contribution in [0.5, 0.6) is 0 Å². The molecule has 0 saturated heterocycles. The number of benzene rings is 2. The summed E-state index contributed by atoms with van der Waals surface area (Å²) in [5.41, 5.74) is 3.86. The number of rotatable bonds is 4. The molecule has 1 N–H and O–H groups in total. The minimum absolute atomic E-state index is 0.194. The second kappa shape index (κ2) is 8.46. The molecule has 0 unspecified atom stereocenters. The number of hydrogen-bond acceptors (Lipinski definition) is 4. The second-order valence-electron chi connectivity index (χ2n) is 7.39. The number of amides is 1. The van der Waals surface area contributed by atoms with E-state index in [9.17, 15) is 9.59 Å². The Morgan fingerprint density at radius 2 is 1.84 bits per heavy atom. The predicted octanol–water partition coefficient (Wildman–Crippen LogP) is 5.99. The predicted molar refractivity (Wildman–Crippen MR) is 128 cm³/mol. The summed E-state index contributed by atoms with van der Waals surface area (Å²) < 4.78 is 1.46. The number of halogens is 2. The van der Waals surface area contributed by atoms with Gasteiger partial charge in [-0.25, -0.2) is 4.98 Å². The molecule has 0 radical (unpaired) electrons. The van der Waals surface area contributed by atoms with Crippen LogP contribution in [0.15, 0.2) is 47.5 Å². The SMILES string of the molecule is Cc1ccc(NC(=O)c2sc3ncn(Cc4c(Cl)cccc4Cl)c(=O)c3c2C)c(C)c1. The van der Waals surface area contributed by atoms with Gasteiger partial charge in [-0.15, -0.1) is 11.3 Å². The maximum Gasteiger partial charge on any atom is 0.266 e. The third kappa shape index (κ3) is 4.11. The minimum Gasteiger partial charge on any atom is -0.321 e. The van der Waals surface area contributed by atoms with Gasteiger partial charge in [0.05, 0.1) is 23.1 Å². The average Bonchev–Trinajstić information content (AvgIpc) is 3.06. The zero-order chi connectivity index (χ0) is 22.3. The van der Waals surface area contributed by atoms with E-state index < -0.39 is 0 Å². The fourth-order valence-electron chi connectivity index (χ4n) is 3.48. The lowest BCUT2D eigenvalue weighted by atomic mass is 10.1. The van der Waals surface area contributed by atoms with Gasteiger partial charge in [-0.1, -0.05) is 47.0 Å². The molecule has 0 aliphatic heterocycles. The second-order valence-corrected chi connectivity index (χ2v) is 9.20. The maximum absolute atomic E-state index is 13.2. The zero-order valence-electron chi connectivity index (χ0n) is 17.1. The molecule has 8 heteroatoms. The number of fused-ring (bicyclic) bond motifs is 1. The summed E-state index contributed by atoms with van der Waals surface area (Å²) in [6.07, 6.45) is 1.46. The molecule has 0 fully saturated rings. The van der Waals surface area contributed by atoms with Crippen molar-refractivity contribution in [1.29, 1.82) is 0 Å². The Hall–Kier alpha value is -2.67. The van der Waals surface area contributed by atoms with Crippen LogP contribution >= 0.6 is 34.5 Å². The molecule has 5 nitrogen and oxygen atoms in total. The van der Waals surface area contributed by atoms with Crippen molar-refractivity contribution in [3.63, 3.8) is 0 Å². The van der Waals surface area contributed by atoms with Gasteiger partial charge in [0.15, 0.2) is 0 Å². The van der Waals surface area contributed by atoms with E-state index in [1.54, 1.807) is 25.1 Å². The van der Waals surface area contributed by atoms with Gasteiger partial charge >= 0.3 is 0 Å². The first-order valence-corrected chi connectivity index (χ1v) is 11.1. The number of aromatic nitrogens is 2. The van der Waals surface area contributed by atoms with E-state index in [1.165, 1.54) is 22.2 Å². The zero-order valence-corrected chi connectivity index (χ0v) is 19.5. The van der Waals surface area contributed by atoms with Crippen molar-refractivity contribution in [2.75, 3.05) is 5.32 Å². The van der Waals surface area contributed by atoms with E-state index in [4.69, 9.17) is 23.2 Å². The Morgan fingerprint density at radius 1 is 1.13 bits per heavy atom. The van der Waals surface area contributed by atoms with Crippen molar-refractivity contribution in [3.05, 3.63) is 90.3 Å². The van der Waals surface area contributed by atoms with E-state index in [0.29, 0.717) is 36.3 Å². The molecule has 31 heavy (non-hydrogen) atoms. The molecule has 0 saturated carbocycles. The molecule has 2 aromatic heterocycles. The highest BCUT2D eigenvalue weighted by atomic mass is 35.5. The number of nitrogens with one attached hydrogen (secondary N) is 1. The number of aryl methyl sites for hydroxylation is 3. The summed E-state index contributed by atoms with van der Waals surface area (Å²) in [5.74, 6) is -0.257. The summed E-state index contributed by atoms with van der Waals surface area (Å²) in [5, 5.41) is 4.34. The summed E-state index contributed by atoms with van der Waals surface area (Å²) in [6.45, 7) is 5.91. The van der Waals surface area contributed by atoms with E-state index >= 15 is 0 Å². The van der Waals surface area contributed by atoms with E-state index in [1.807, 2.05) is 32.0 Å². The van der Waals surface area contributed by atoms with E-state index in [0.717, 1.165) is 16.8 Å². The Morgan fingerprint density at radius 3 is 2.52 bits per heavy atom. The Kier molecular flexibility index (Phi) is 5.88. The van der Waals surface area contributed by atoms with Gasteiger partial charge in [-0.2, -0.15) is 0 Å². The molecule has 4 aromatic rings. The fraction of sp³-hybridized carbons (Fsp3) is 0.174. The molecule has 2 aromatic carbocycles. The molecule has 158 valence electrons. The lowest BCUT2D eigenvalue weighted by molar-refractivity contribution is 0.103. The van der Waals surface area contributed by atoms with Crippen molar-refractivity contribution in [1.82, 2.24) is 9.55 Å². The molecule has 1 amide bonds. The van der Waals surface area contributed by atoms with Crippen molar-refractivity contribution < 1.29 is 4.79 Å². The molecule has 0 atom stereocenters. The monoisotopic (exact) mass is 471 g/mol. The summed E-state index contributed by atoms with van der Waals surface area (Å²) >= 11 is 13.7. The molecule has 0 bridgehead atoms. The average molecular weight is 472 g/mol. The van der Waals surface area contributed by atoms with Crippen LogP contribution in [0.1, 0.15) is 31.9 Å². The maximum atomic E-state index is 13.2. The Bertz CT molecular complexity index is 1370. The summed E-state index contributed by atoms with van der Waals surface area (Å²) in [4.78, 5) is 31.5. The van der Waals surface area contributed by atoms with E-state index in [-0.39, 0.29) is 18.0 Å². The smallest absolute Gasteiger partial charge is 0.266 e. The van der Waals surface area contributed by atoms with Crippen molar-refractivity contribution in [3.8, 4) is 0 Å². The van der Waals surface area contributed by atoms with Crippen LogP contribution in [-0.2, 0) is 6.54 Å². The first-order chi connectivity index (χ1) is 14.8. The van der Waals surface area contributed by atoms with Crippen molar-refractivity contribution >= 4 is 56.3 Å². The largest absolute Gasteiger partial charge is 0.321 e. The van der Waals surface area contributed by atoms with Gasteiger partial charge in [0.25, 0.3) is 11.5 Å². The summed E-state index contributed by atoms with van der Waals surface area (Å²) in [7, 11) is 0. The van der Waals surface area contributed by atoms with E-state index in [2.05, 4.69) is 10.3 Å². The quantitative estimate of drug-likeness (QED) is 0.397. The van der Waals surface area contributed by atoms with Crippen LogP contribution in [-0.4, -0.2) is 15.5 Å². The molecule has 0 aliphatic rings. The highest BCUT2D eigenvalue weighted by molar-refractivity contribution is 7.20. The summed E-state index contributed by atoms with van der Waals surface area (Å²) in [6, 6.07) is 11.0. The van der Waals surface area contributed by atoms with Crippen LogP contribution in [0.3, 0.4) is 0 Å². The molecule has 4 rings (SSSR count). The minimum atomic E-state index is -0.257. The van der Waals surface area contributed by atoms with Gasteiger partial charge in [-0.3, -0.25) is 14.2 Å². The normalized spacial score (nSPS) is 11.1. The standard InChI is InChI=1S/C23H19Cl2N3O2S/c1-12-7-8-18(13(2)9-12)27-21(29)20-14(3)19-22(31-20)26-11-28(23(19)30)10-15-16(24)5-4-6-17(15)25/h4-9,11H,10H2,1-3H3,(H,27,29). The Labute approximate surface area is 193 Å². The van der Waals surface area contributed by atoms with Gasteiger partial charge in [0.1, 0.15) is 4.83 Å². The van der Waals surface area contributed by atoms with Crippen LogP contribution in [0, 0.1) is 20.8 Å². The number of carbonyl (C=O) groups excluding carboxylic acids is 1.